The first-order chi connectivity index (χ1) is 12.1. The van der Waals surface area contributed by atoms with E-state index >= 15 is 0 Å². The normalized spacial score (nSPS) is 11.2. The zero-order valence-electron chi connectivity index (χ0n) is 13.8. The number of benzene rings is 1. The van der Waals surface area contributed by atoms with Gasteiger partial charge < -0.3 is 5.11 Å². The van der Waals surface area contributed by atoms with Crippen LogP contribution in [0, 0.1) is 0 Å². The van der Waals surface area contributed by atoms with Crippen molar-refractivity contribution in [2.75, 3.05) is 0 Å². The largest absolute Gasteiger partial charge is 0.478 e. The number of nitrogens with zero attached hydrogens (tertiary/aromatic N) is 2. The van der Waals surface area contributed by atoms with Crippen LogP contribution in [-0.4, -0.2) is 20.5 Å². The van der Waals surface area contributed by atoms with Crippen molar-refractivity contribution in [2.45, 2.75) is 19.8 Å². The first-order valence-corrected chi connectivity index (χ1v) is 8.12. The first-order valence-electron chi connectivity index (χ1n) is 8.12. The summed E-state index contributed by atoms with van der Waals surface area (Å²) in [6, 6.07) is 12.8. The third-order valence-electron chi connectivity index (χ3n) is 3.93. The van der Waals surface area contributed by atoms with Crippen LogP contribution in [-0.2, 0) is 6.42 Å². The van der Waals surface area contributed by atoms with Crippen LogP contribution in [0.4, 0.5) is 0 Å². The number of fused-ring (bicyclic) bond motifs is 1. The molecule has 0 atom stereocenters. The number of hydrogen-bond acceptors (Lipinski definition) is 3. The lowest BCUT2D eigenvalue weighted by molar-refractivity contribution is 0.0696. The van der Waals surface area contributed by atoms with Crippen molar-refractivity contribution in [1.82, 2.24) is 9.38 Å². The number of pyridine rings is 1. The van der Waals surface area contributed by atoms with Gasteiger partial charge in [-0.3, -0.25) is 9.20 Å². The average molecular weight is 334 g/mol. The molecule has 0 unspecified atom stereocenters. The Hall–Kier alpha value is -3.21. The molecule has 25 heavy (non-hydrogen) atoms. The Balaban J connectivity index is 2.16. The van der Waals surface area contributed by atoms with Crippen LogP contribution in [0.2, 0.25) is 0 Å². The lowest BCUT2D eigenvalue weighted by Gasteiger charge is -2.08. The zero-order chi connectivity index (χ0) is 17.8. The van der Waals surface area contributed by atoms with Crippen molar-refractivity contribution in [2.24, 2.45) is 0 Å². The molecule has 0 radical (unpaired) electrons. The summed E-state index contributed by atoms with van der Waals surface area (Å²) in [7, 11) is 0. The van der Waals surface area contributed by atoms with Gasteiger partial charge in [-0.25, -0.2) is 9.78 Å². The van der Waals surface area contributed by atoms with E-state index in [2.05, 4.69) is 4.98 Å². The van der Waals surface area contributed by atoms with Gasteiger partial charge in [-0.2, -0.15) is 0 Å². The lowest BCUT2D eigenvalue weighted by Crippen LogP contribution is -2.22. The lowest BCUT2D eigenvalue weighted by atomic mass is 10.1. The molecule has 5 heteroatoms. The molecule has 3 rings (SSSR count). The number of carboxylic acid groups (broad SMARTS) is 1. The third kappa shape index (κ3) is 3.50. The highest BCUT2D eigenvalue weighted by atomic mass is 16.4. The molecule has 0 aliphatic carbocycles. The van der Waals surface area contributed by atoms with Crippen LogP contribution in [0.5, 0.6) is 0 Å². The van der Waals surface area contributed by atoms with E-state index in [-0.39, 0.29) is 11.1 Å². The van der Waals surface area contributed by atoms with E-state index in [0.717, 1.165) is 12.0 Å². The van der Waals surface area contributed by atoms with Gasteiger partial charge in [-0.05, 0) is 30.2 Å². The van der Waals surface area contributed by atoms with Crippen LogP contribution in [0.3, 0.4) is 0 Å². The maximum atomic E-state index is 12.8. The molecular formula is C20H18N2O3. The second kappa shape index (κ2) is 7.13. The minimum absolute atomic E-state index is 0.0615. The van der Waals surface area contributed by atoms with E-state index in [4.69, 9.17) is 5.11 Å². The summed E-state index contributed by atoms with van der Waals surface area (Å²) in [5, 5.41) is 9.13. The highest BCUT2D eigenvalue weighted by Crippen LogP contribution is 2.13. The van der Waals surface area contributed by atoms with Crippen LogP contribution in [0.15, 0.2) is 53.5 Å². The standard InChI is InChI=1S/C20H18N2O3/c1-2-6-16-17(11-9-14-7-4-3-5-8-14)21-18-12-10-15(20(24)25)13-22(18)19(16)23/h3-5,7-13H,2,6H2,1H3,(H,24,25). The van der Waals surface area contributed by atoms with Gasteiger partial charge in [0, 0.05) is 11.8 Å². The molecule has 0 aliphatic heterocycles. The molecule has 2 aromatic heterocycles. The van der Waals surface area contributed by atoms with Gasteiger partial charge in [0.2, 0.25) is 0 Å². The maximum absolute atomic E-state index is 12.8. The highest BCUT2D eigenvalue weighted by Gasteiger charge is 2.12. The van der Waals surface area contributed by atoms with E-state index in [9.17, 15) is 9.59 Å². The Morgan fingerprint density at radius 3 is 2.60 bits per heavy atom. The van der Waals surface area contributed by atoms with E-state index in [1.165, 1.54) is 16.7 Å². The number of carbonyl (C=O) groups is 1. The minimum atomic E-state index is -1.07. The van der Waals surface area contributed by atoms with Crippen LogP contribution < -0.4 is 5.56 Å². The van der Waals surface area contributed by atoms with E-state index < -0.39 is 5.97 Å². The maximum Gasteiger partial charge on any atom is 0.337 e. The molecule has 2 heterocycles. The summed E-state index contributed by atoms with van der Waals surface area (Å²) in [5.41, 5.74) is 2.51. The predicted octanol–water partition coefficient (Wildman–Crippen LogP) is 3.52. The first kappa shape index (κ1) is 16.6. The van der Waals surface area contributed by atoms with Gasteiger partial charge in [-0.15, -0.1) is 0 Å². The molecular weight excluding hydrogens is 316 g/mol. The Morgan fingerprint density at radius 1 is 1.16 bits per heavy atom. The van der Waals surface area contributed by atoms with Gasteiger partial charge in [0.05, 0.1) is 11.3 Å². The Kier molecular flexibility index (Phi) is 4.75. The molecule has 0 aliphatic rings. The molecule has 0 bridgehead atoms. The minimum Gasteiger partial charge on any atom is -0.478 e. The molecule has 0 fully saturated rings. The molecule has 0 saturated carbocycles. The van der Waals surface area contributed by atoms with Crippen LogP contribution in [0.1, 0.15) is 40.5 Å². The second-order valence-electron chi connectivity index (χ2n) is 5.73. The second-order valence-corrected chi connectivity index (χ2v) is 5.73. The average Bonchev–Trinajstić information content (AvgIpc) is 2.63. The smallest absolute Gasteiger partial charge is 0.337 e. The Morgan fingerprint density at radius 2 is 1.92 bits per heavy atom. The summed E-state index contributed by atoms with van der Waals surface area (Å²) in [4.78, 5) is 28.5. The summed E-state index contributed by atoms with van der Waals surface area (Å²) in [5.74, 6) is -1.07. The zero-order valence-corrected chi connectivity index (χ0v) is 13.8. The van der Waals surface area contributed by atoms with Crippen LogP contribution in [0.25, 0.3) is 17.8 Å². The fraction of sp³-hybridized carbons (Fsp3) is 0.150. The van der Waals surface area contributed by atoms with Gasteiger partial charge in [0.25, 0.3) is 5.56 Å². The number of rotatable bonds is 5. The Labute approximate surface area is 144 Å². The highest BCUT2D eigenvalue weighted by molar-refractivity contribution is 5.87. The molecule has 0 amide bonds. The molecule has 1 aromatic carbocycles. The van der Waals surface area contributed by atoms with Crippen molar-refractivity contribution >= 4 is 23.8 Å². The molecule has 1 N–H and O–H groups in total. The summed E-state index contributed by atoms with van der Waals surface area (Å²) < 4.78 is 1.31. The van der Waals surface area contributed by atoms with E-state index in [1.54, 1.807) is 6.07 Å². The summed E-state index contributed by atoms with van der Waals surface area (Å²) >= 11 is 0. The number of hydrogen-bond donors (Lipinski definition) is 1. The fourth-order valence-corrected chi connectivity index (χ4v) is 2.68. The van der Waals surface area contributed by atoms with Crippen molar-refractivity contribution in [3.05, 3.63) is 81.4 Å². The van der Waals surface area contributed by atoms with Gasteiger partial charge in [-0.1, -0.05) is 49.8 Å². The van der Waals surface area contributed by atoms with Crippen molar-refractivity contribution in [3.8, 4) is 0 Å². The van der Waals surface area contributed by atoms with Crippen molar-refractivity contribution < 1.29 is 9.90 Å². The molecule has 5 nitrogen and oxygen atoms in total. The quantitative estimate of drug-likeness (QED) is 0.775. The molecule has 0 spiro atoms. The number of aromatic carboxylic acids is 1. The monoisotopic (exact) mass is 334 g/mol. The Bertz CT molecular complexity index is 1000. The van der Waals surface area contributed by atoms with Crippen molar-refractivity contribution in [1.29, 1.82) is 0 Å². The molecule has 126 valence electrons. The molecule has 0 saturated heterocycles. The van der Waals surface area contributed by atoms with E-state index in [1.807, 2.05) is 49.4 Å². The fourth-order valence-electron chi connectivity index (χ4n) is 2.68. The number of carboxylic acids is 1. The van der Waals surface area contributed by atoms with Crippen molar-refractivity contribution in [3.63, 3.8) is 0 Å². The van der Waals surface area contributed by atoms with E-state index in [0.29, 0.717) is 23.3 Å². The summed E-state index contributed by atoms with van der Waals surface area (Å²) in [6.45, 7) is 1.99. The third-order valence-corrected chi connectivity index (χ3v) is 3.93. The summed E-state index contributed by atoms with van der Waals surface area (Å²) in [6.07, 6.45) is 6.47. The number of aromatic nitrogens is 2. The van der Waals surface area contributed by atoms with Crippen LogP contribution >= 0.6 is 0 Å². The molecule has 3 aromatic rings. The van der Waals surface area contributed by atoms with Gasteiger partial charge in [0.15, 0.2) is 0 Å². The SMILES string of the molecule is CCCc1c(C=Cc2ccccc2)nc2ccc(C(=O)O)cn2c1=O. The predicted molar refractivity (Wildman–Crippen MR) is 97.8 cm³/mol. The van der Waals surface area contributed by atoms with Gasteiger partial charge >= 0.3 is 5.97 Å². The van der Waals surface area contributed by atoms with Gasteiger partial charge in [0.1, 0.15) is 5.65 Å². The topological polar surface area (TPSA) is 71.7 Å².